The highest BCUT2D eigenvalue weighted by Gasteiger charge is 2.24. The van der Waals surface area contributed by atoms with Crippen LogP contribution < -0.4 is 16.4 Å². The van der Waals surface area contributed by atoms with Gasteiger partial charge in [0.25, 0.3) is 0 Å². The first-order valence-corrected chi connectivity index (χ1v) is 6.05. The summed E-state index contributed by atoms with van der Waals surface area (Å²) < 4.78 is 0. The number of hydrogen-bond donors (Lipinski definition) is 2. The smallest absolute Gasteiger partial charge is 0.219 e. The summed E-state index contributed by atoms with van der Waals surface area (Å²) in [5, 5.41) is 0. The quantitative estimate of drug-likeness (QED) is 0.801. The molecule has 0 aliphatic carbocycles. The molecule has 4 nitrogen and oxygen atoms in total. The minimum atomic E-state index is -0.260. The predicted molar refractivity (Wildman–Crippen MR) is 68.8 cm³/mol. The van der Waals surface area contributed by atoms with Crippen molar-refractivity contribution in [2.45, 2.75) is 25.3 Å². The number of fused-ring (bicyclic) bond motifs is 1. The van der Waals surface area contributed by atoms with Crippen molar-refractivity contribution >= 4 is 11.6 Å². The number of nitrogens with two attached hydrogens (primary N) is 2. The number of carbonyl (C=O) groups excluding carboxylic acids is 1. The molecule has 92 valence electrons. The van der Waals surface area contributed by atoms with E-state index in [0.717, 1.165) is 12.8 Å². The van der Waals surface area contributed by atoms with Gasteiger partial charge in [-0.1, -0.05) is 18.2 Å². The van der Waals surface area contributed by atoms with Crippen molar-refractivity contribution in [2.24, 2.45) is 11.5 Å². The van der Waals surface area contributed by atoms with E-state index >= 15 is 0 Å². The highest BCUT2D eigenvalue weighted by molar-refractivity contribution is 5.74. The predicted octanol–water partition coefficient (Wildman–Crippen LogP) is 0.642. The Labute approximate surface area is 102 Å². The van der Waals surface area contributed by atoms with Crippen LogP contribution in [0, 0.1) is 0 Å². The molecule has 0 fully saturated rings. The molecule has 1 atom stereocenters. The monoisotopic (exact) mass is 233 g/mol. The topological polar surface area (TPSA) is 72.3 Å². The van der Waals surface area contributed by atoms with Crippen LogP contribution in [0.1, 0.15) is 18.4 Å². The Bertz CT molecular complexity index is 405. The van der Waals surface area contributed by atoms with Crippen molar-refractivity contribution in [3.05, 3.63) is 29.8 Å². The van der Waals surface area contributed by atoms with Crippen LogP contribution in [-0.2, 0) is 11.2 Å². The van der Waals surface area contributed by atoms with Crippen LogP contribution >= 0.6 is 0 Å². The zero-order valence-corrected chi connectivity index (χ0v) is 9.93. The fourth-order valence-corrected chi connectivity index (χ4v) is 2.46. The van der Waals surface area contributed by atoms with Gasteiger partial charge in [-0.05, 0) is 24.5 Å². The number of rotatable bonds is 4. The van der Waals surface area contributed by atoms with Gasteiger partial charge < -0.3 is 16.4 Å². The Balaban J connectivity index is 2.21. The molecule has 1 aromatic carbocycles. The average Bonchev–Trinajstić information content (AvgIpc) is 2.35. The molecule has 4 N–H and O–H groups in total. The highest BCUT2D eigenvalue weighted by Crippen LogP contribution is 2.30. The van der Waals surface area contributed by atoms with Crippen molar-refractivity contribution < 1.29 is 4.79 Å². The third kappa shape index (κ3) is 2.58. The molecular weight excluding hydrogens is 214 g/mol. The summed E-state index contributed by atoms with van der Waals surface area (Å²) in [6.07, 6.45) is 2.49. The van der Waals surface area contributed by atoms with Gasteiger partial charge in [0.05, 0.1) is 0 Å². The van der Waals surface area contributed by atoms with E-state index in [1.54, 1.807) is 0 Å². The largest absolute Gasteiger partial charge is 0.370 e. The van der Waals surface area contributed by atoms with E-state index < -0.39 is 0 Å². The van der Waals surface area contributed by atoms with E-state index in [-0.39, 0.29) is 5.91 Å². The number of aryl methyl sites for hydroxylation is 1. The average molecular weight is 233 g/mol. The molecule has 1 aliphatic heterocycles. The molecule has 0 spiro atoms. The van der Waals surface area contributed by atoms with E-state index in [9.17, 15) is 4.79 Å². The molecular formula is C13H19N3O. The summed E-state index contributed by atoms with van der Waals surface area (Å²) in [5.41, 5.74) is 13.6. The minimum absolute atomic E-state index is 0.260. The van der Waals surface area contributed by atoms with E-state index in [1.807, 2.05) is 12.1 Å². The van der Waals surface area contributed by atoms with Gasteiger partial charge >= 0.3 is 0 Å². The standard InChI is InChI=1S/C13H19N3O/c14-9-11-6-5-10-3-1-2-4-12(10)16(11)8-7-13(15)17/h1-4,11H,5-9,14H2,(H2,15,17). The first-order valence-electron chi connectivity index (χ1n) is 6.05. The molecule has 0 saturated heterocycles. The first kappa shape index (κ1) is 11.9. The molecule has 2 rings (SSSR count). The second-order valence-electron chi connectivity index (χ2n) is 4.47. The van der Waals surface area contributed by atoms with Gasteiger partial charge in [0.2, 0.25) is 5.91 Å². The van der Waals surface area contributed by atoms with E-state index in [1.165, 1.54) is 11.3 Å². The molecule has 17 heavy (non-hydrogen) atoms. The molecule has 1 heterocycles. The number of anilines is 1. The van der Waals surface area contributed by atoms with Gasteiger partial charge in [0.15, 0.2) is 0 Å². The second kappa shape index (κ2) is 5.19. The van der Waals surface area contributed by atoms with Crippen LogP contribution in [0.15, 0.2) is 24.3 Å². The fraction of sp³-hybridized carbons (Fsp3) is 0.462. The van der Waals surface area contributed by atoms with Gasteiger partial charge in [-0.3, -0.25) is 4.79 Å². The van der Waals surface area contributed by atoms with Gasteiger partial charge in [0, 0.05) is 31.2 Å². The maximum Gasteiger partial charge on any atom is 0.219 e. The summed E-state index contributed by atoms with van der Waals surface area (Å²) in [6, 6.07) is 8.63. The number of para-hydroxylation sites is 1. The molecule has 1 unspecified atom stereocenters. The molecule has 1 aliphatic rings. The molecule has 0 aromatic heterocycles. The number of nitrogens with zero attached hydrogens (tertiary/aromatic N) is 1. The van der Waals surface area contributed by atoms with Crippen molar-refractivity contribution in [2.75, 3.05) is 18.0 Å². The number of carbonyl (C=O) groups is 1. The normalized spacial score (nSPS) is 18.9. The Morgan fingerprint density at radius 1 is 1.41 bits per heavy atom. The van der Waals surface area contributed by atoms with Crippen LogP contribution in [0.4, 0.5) is 5.69 Å². The minimum Gasteiger partial charge on any atom is -0.370 e. The second-order valence-corrected chi connectivity index (χ2v) is 4.47. The zero-order valence-electron chi connectivity index (χ0n) is 9.93. The van der Waals surface area contributed by atoms with Crippen LogP contribution in [-0.4, -0.2) is 25.0 Å². The van der Waals surface area contributed by atoms with Gasteiger partial charge in [-0.15, -0.1) is 0 Å². The molecule has 0 radical (unpaired) electrons. The van der Waals surface area contributed by atoms with Crippen LogP contribution in [0.5, 0.6) is 0 Å². The third-order valence-electron chi connectivity index (χ3n) is 3.36. The van der Waals surface area contributed by atoms with Crippen molar-refractivity contribution in [3.63, 3.8) is 0 Å². The van der Waals surface area contributed by atoms with Gasteiger partial charge in [-0.2, -0.15) is 0 Å². The fourth-order valence-electron chi connectivity index (χ4n) is 2.46. The van der Waals surface area contributed by atoms with Crippen molar-refractivity contribution in [3.8, 4) is 0 Å². The molecule has 0 saturated carbocycles. The molecule has 4 heteroatoms. The number of amides is 1. The van der Waals surface area contributed by atoms with Crippen molar-refractivity contribution in [1.82, 2.24) is 0 Å². The summed E-state index contributed by atoms with van der Waals surface area (Å²) in [6.45, 7) is 1.28. The lowest BCUT2D eigenvalue weighted by Crippen LogP contribution is -2.45. The maximum absolute atomic E-state index is 10.9. The Morgan fingerprint density at radius 3 is 2.88 bits per heavy atom. The highest BCUT2D eigenvalue weighted by atomic mass is 16.1. The van der Waals surface area contributed by atoms with Crippen molar-refractivity contribution in [1.29, 1.82) is 0 Å². The third-order valence-corrected chi connectivity index (χ3v) is 3.36. The molecule has 0 bridgehead atoms. The molecule has 1 amide bonds. The van der Waals surface area contributed by atoms with Crippen LogP contribution in [0.2, 0.25) is 0 Å². The van der Waals surface area contributed by atoms with E-state index in [2.05, 4.69) is 17.0 Å². The van der Waals surface area contributed by atoms with E-state index in [4.69, 9.17) is 11.5 Å². The Hall–Kier alpha value is -1.55. The zero-order chi connectivity index (χ0) is 12.3. The number of primary amides is 1. The Morgan fingerprint density at radius 2 is 2.18 bits per heavy atom. The lowest BCUT2D eigenvalue weighted by molar-refractivity contribution is -0.117. The SMILES string of the molecule is NCC1CCc2ccccc2N1CCC(N)=O. The summed E-state index contributed by atoms with van der Waals surface area (Å²) in [7, 11) is 0. The van der Waals surface area contributed by atoms with Gasteiger partial charge in [0.1, 0.15) is 0 Å². The lowest BCUT2D eigenvalue weighted by Gasteiger charge is -2.38. The number of hydrogen-bond acceptors (Lipinski definition) is 3. The number of benzene rings is 1. The summed E-state index contributed by atoms with van der Waals surface area (Å²) in [4.78, 5) is 13.1. The maximum atomic E-state index is 10.9. The van der Waals surface area contributed by atoms with E-state index in [0.29, 0.717) is 25.6 Å². The van der Waals surface area contributed by atoms with Gasteiger partial charge in [-0.25, -0.2) is 0 Å². The van der Waals surface area contributed by atoms with Crippen LogP contribution in [0.25, 0.3) is 0 Å². The lowest BCUT2D eigenvalue weighted by atomic mass is 9.95. The Kier molecular flexibility index (Phi) is 3.64. The van der Waals surface area contributed by atoms with Crippen LogP contribution in [0.3, 0.4) is 0 Å². The summed E-state index contributed by atoms with van der Waals surface area (Å²) >= 11 is 0. The molecule has 1 aromatic rings. The summed E-state index contributed by atoms with van der Waals surface area (Å²) in [5.74, 6) is -0.260. The first-order chi connectivity index (χ1) is 8.22.